The summed E-state index contributed by atoms with van der Waals surface area (Å²) in [7, 11) is 1.25. The Morgan fingerprint density at radius 2 is 1.87 bits per heavy atom. The molecule has 0 saturated heterocycles. The number of hydrogen-bond acceptors (Lipinski definition) is 2. The molecule has 0 bridgehead atoms. The van der Waals surface area contributed by atoms with Crippen molar-refractivity contribution in [3.8, 4) is 0 Å². The van der Waals surface area contributed by atoms with Gasteiger partial charge in [-0.05, 0) is 6.07 Å². The van der Waals surface area contributed by atoms with Crippen molar-refractivity contribution in [3.63, 3.8) is 0 Å². The highest BCUT2D eigenvalue weighted by Gasteiger charge is 2.18. The summed E-state index contributed by atoms with van der Waals surface area (Å²) in [5.41, 5.74) is 0.512. The molecule has 1 aromatic rings. The molecule has 0 spiro atoms. The molecule has 15 heavy (non-hydrogen) atoms. The third-order valence-corrected chi connectivity index (χ3v) is 2.43. The minimum absolute atomic E-state index is 0.0615. The van der Waals surface area contributed by atoms with Crippen molar-refractivity contribution in [1.82, 2.24) is 0 Å². The van der Waals surface area contributed by atoms with Crippen molar-refractivity contribution in [2.24, 2.45) is 0 Å². The molecule has 80 valence electrons. The summed E-state index contributed by atoms with van der Waals surface area (Å²) in [4.78, 5) is 11.4. The van der Waals surface area contributed by atoms with Crippen LogP contribution >= 0.6 is 34.8 Å². The molecular weight excluding hydrogens is 258 g/mol. The lowest BCUT2D eigenvalue weighted by Crippen LogP contribution is -2.05. The van der Waals surface area contributed by atoms with E-state index in [4.69, 9.17) is 34.8 Å². The molecule has 0 aliphatic heterocycles. The molecule has 0 aliphatic rings. The van der Waals surface area contributed by atoms with Gasteiger partial charge in [0.15, 0.2) is 0 Å². The van der Waals surface area contributed by atoms with Crippen LogP contribution in [0.1, 0.15) is 5.56 Å². The topological polar surface area (TPSA) is 26.3 Å². The van der Waals surface area contributed by atoms with Crippen LogP contribution in [0, 0.1) is 0 Å². The molecule has 0 atom stereocenters. The summed E-state index contributed by atoms with van der Waals surface area (Å²) in [5.74, 6) is -0.622. The van der Waals surface area contributed by atoms with E-state index in [0.717, 1.165) is 0 Å². The quantitative estimate of drug-likeness (QED) is 0.602. The number of esters is 1. The first-order chi connectivity index (χ1) is 7.07. The Hall–Kier alpha value is -0.700. The van der Waals surface area contributed by atoms with Crippen LogP contribution in [0.4, 0.5) is 0 Å². The van der Waals surface area contributed by atoms with Gasteiger partial charge < -0.3 is 4.74 Å². The van der Waals surface area contributed by atoms with Crippen LogP contribution in [-0.4, -0.2) is 13.1 Å². The Morgan fingerprint density at radius 1 is 1.27 bits per heavy atom. The average molecular weight is 266 g/mol. The minimum Gasteiger partial charge on any atom is -0.465 e. The van der Waals surface area contributed by atoms with Crippen LogP contribution in [0.25, 0.3) is 5.57 Å². The van der Waals surface area contributed by atoms with Crippen molar-refractivity contribution < 1.29 is 9.53 Å². The smallest absolute Gasteiger partial charge is 0.340 e. The van der Waals surface area contributed by atoms with Crippen molar-refractivity contribution in [2.75, 3.05) is 7.11 Å². The molecule has 0 heterocycles. The van der Waals surface area contributed by atoms with Crippen LogP contribution in [0.2, 0.25) is 5.02 Å². The van der Waals surface area contributed by atoms with Crippen LogP contribution in [0.5, 0.6) is 0 Å². The third-order valence-electron chi connectivity index (χ3n) is 1.72. The molecule has 0 saturated carbocycles. The maximum absolute atomic E-state index is 11.4. The van der Waals surface area contributed by atoms with Gasteiger partial charge in [0, 0.05) is 10.6 Å². The number of halogens is 3. The fourth-order valence-corrected chi connectivity index (χ4v) is 1.64. The van der Waals surface area contributed by atoms with Crippen LogP contribution in [0.15, 0.2) is 28.8 Å². The van der Waals surface area contributed by atoms with Gasteiger partial charge in [-0.2, -0.15) is 0 Å². The summed E-state index contributed by atoms with van der Waals surface area (Å²) in [5, 5.41) is 0.386. The Kier molecular flexibility index (Phi) is 4.45. The van der Waals surface area contributed by atoms with E-state index in [-0.39, 0.29) is 10.1 Å². The zero-order chi connectivity index (χ0) is 11.4. The van der Waals surface area contributed by atoms with E-state index in [0.29, 0.717) is 10.6 Å². The van der Waals surface area contributed by atoms with E-state index >= 15 is 0 Å². The van der Waals surface area contributed by atoms with E-state index in [1.54, 1.807) is 24.3 Å². The lowest BCUT2D eigenvalue weighted by Gasteiger charge is -2.07. The zero-order valence-electron chi connectivity index (χ0n) is 7.76. The summed E-state index contributed by atoms with van der Waals surface area (Å²) in [6.07, 6.45) is 0. The van der Waals surface area contributed by atoms with Crippen molar-refractivity contribution in [3.05, 3.63) is 39.3 Å². The standard InChI is InChI=1S/C10H7Cl3O2/c1-15-10(14)8(9(12)13)6-4-2-3-5-7(6)11/h2-5H,1H3. The first-order valence-corrected chi connectivity index (χ1v) is 5.09. The maximum Gasteiger partial charge on any atom is 0.340 e. The molecule has 1 aromatic carbocycles. The number of carbonyl (C=O) groups is 1. The van der Waals surface area contributed by atoms with Gasteiger partial charge in [-0.3, -0.25) is 0 Å². The first-order valence-electron chi connectivity index (χ1n) is 3.96. The molecule has 0 amide bonds. The SMILES string of the molecule is COC(=O)C(=C(Cl)Cl)c1ccccc1Cl. The normalized spacial score (nSPS) is 9.60. The van der Waals surface area contributed by atoms with Crippen molar-refractivity contribution in [2.45, 2.75) is 0 Å². The van der Waals surface area contributed by atoms with Crippen LogP contribution in [-0.2, 0) is 9.53 Å². The molecule has 0 N–H and O–H groups in total. The molecule has 0 aromatic heterocycles. The highest BCUT2D eigenvalue weighted by atomic mass is 35.5. The predicted octanol–water partition coefficient (Wildman–Crippen LogP) is 3.66. The van der Waals surface area contributed by atoms with Gasteiger partial charge in [0.25, 0.3) is 0 Å². The largest absolute Gasteiger partial charge is 0.465 e. The summed E-state index contributed by atoms with van der Waals surface area (Å²) in [6.45, 7) is 0. The van der Waals surface area contributed by atoms with Crippen LogP contribution < -0.4 is 0 Å². The summed E-state index contributed by atoms with van der Waals surface area (Å²) >= 11 is 17.1. The molecule has 0 aliphatic carbocycles. The number of methoxy groups -OCH3 is 1. The van der Waals surface area contributed by atoms with Gasteiger partial charge in [-0.25, -0.2) is 4.79 Å². The minimum atomic E-state index is -0.622. The van der Waals surface area contributed by atoms with Crippen molar-refractivity contribution in [1.29, 1.82) is 0 Å². The second kappa shape index (κ2) is 5.40. The lowest BCUT2D eigenvalue weighted by atomic mass is 10.1. The number of carbonyl (C=O) groups excluding carboxylic acids is 1. The lowest BCUT2D eigenvalue weighted by molar-refractivity contribution is -0.133. The Balaban J connectivity index is 3.30. The fourth-order valence-electron chi connectivity index (χ4n) is 1.05. The molecule has 5 heteroatoms. The Morgan fingerprint density at radius 3 is 2.33 bits per heavy atom. The van der Waals surface area contributed by atoms with Gasteiger partial charge in [0.2, 0.25) is 0 Å². The Bertz CT molecular complexity index is 409. The monoisotopic (exact) mass is 264 g/mol. The predicted molar refractivity (Wildman–Crippen MR) is 62.1 cm³/mol. The number of ether oxygens (including phenoxy) is 1. The molecule has 1 rings (SSSR count). The molecule has 0 fully saturated rings. The summed E-state index contributed by atoms with van der Waals surface area (Å²) in [6, 6.07) is 6.74. The van der Waals surface area contributed by atoms with Gasteiger partial charge in [0.05, 0.1) is 12.7 Å². The average Bonchev–Trinajstić information content (AvgIpc) is 2.20. The van der Waals surface area contributed by atoms with E-state index in [1.165, 1.54) is 7.11 Å². The highest BCUT2D eigenvalue weighted by molar-refractivity contribution is 6.61. The van der Waals surface area contributed by atoms with Crippen LogP contribution in [0.3, 0.4) is 0 Å². The van der Waals surface area contributed by atoms with Gasteiger partial charge >= 0.3 is 5.97 Å². The molecule has 2 nitrogen and oxygen atoms in total. The first kappa shape index (κ1) is 12.4. The molecule has 0 radical (unpaired) electrons. The highest BCUT2D eigenvalue weighted by Crippen LogP contribution is 2.30. The van der Waals surface area contributed by atoms with Crippen molar-refractivity contribution >= 4 is 46.3 Å². The van der Waals surface area contributed by atoms with Gasteiger partial charge in [-0.15, -0.1) is 0 Å². The Labute approximate surface area is 102 Å². The van der Waals surface area contributed by atoms with E-state index in [2.05, 4.69) is 4.74 Å². The molecule has 0 unspecified atom stereocenters. The maximum atomic E-state index is 11.4. The third kappa shape index (κ3) is 2.88. The number of rotatable bonds is 2. The van der Waals surface area contributed by atoms with E-state index < -0.39 is 5.97 Å². The molecular formula is C10H7Cl3O2. The number of hydrogen-bond donors (Lipinski definition) is 0. The van der Waals surface area contributed by atoms with Gasteiger partial charge in [0.1, 0.15) is 4.49 Å². The second-order valence-corrected chi connectivity index (χ2v) is 3.96. The summed E-state index contributed by atoms with van der Waals surface area (Å²) < 4.78 is 4.39. The van der Waals surface area contributed by atoms with E-state index in [9.17, 15) is 4.79 Å². The van der Waals surface area contributed by atoms with Gasteiger partial charge in [-0.1, -0.05) is 53.0 Å². The second-order valence-electron chi connectivity index (χ2n) is 2.61. The fraction of sp³-hybridized carbons (Fsp3) is 0.100. The zero-order valence-corrected chi connectivity index (χ0v) is 10.0. The number of benzene rings is 1. The van der Waals surface area contributed by atoms with E-state index in [1.807, 2.05) is 0 Å².